The van der Waals surface area contributed by atoms with Gasteiger partial charge in [0.15, 0.2) is 0 Å². The molecule has 0 fully saturated rings. The van der Waals surface area contributed by atoms with E-state index in [9.17, 15) is 0 Å². The number of hydrogen-bond acceptors (Lipinski definition) is 5. The normalized spacial score (nSPS) is 10.4. The van der Waals surface area contributed by atoms with Crippen molar-refractivity contribution in [1.82, 2.24) is 20.3 Å². The van der Waals surface area contributed by atoms with E-state index < -0.39 is 0 Å². The lowest BCUT2D eigenvalue weighted by Crippen LogP contribution is -2.22. The summed E-state index contributed by atoms with van der Waals surface area (Å²) in [4.78, 5) is 14.9. The number of rotatable bonds is 6. The van der Waals surface area contributed by atoms with E-state index in [2.05, 4.69) is 25.2 Å². The molecule has 0 aliphatic rings. The largest absolute Gasteiger partial charge is 0.359 e. The first-order valence-electron chi connectivity index (χ1n) is 6.36. The van der Waals surface area contributed by atoms with Crippen LogP contribution in [-0.2, 0) is 13.0 Å². The number of pyridine rings is 1. The van der Waals surface area contributed by atoms with Crippen LogP contribution in [0.3, 0.4) is 0 Å². The molecular formula is C14H19N5. The first kappa shape index (κ1) is 13.4. The lowest BCUT2D eigenvalue weighted by atomic mass is 10.2. The standard InChI is InChI=1S/C14H19N5/c1-15-11-13-17-9-5-14(18-13)19(2)10-6-12-3-7-16-8-4-12/h3-5,7-9,15H,6,10-11H2,1-2H3. The molecule has 0 saturated heterocycles. The molecule has 0 bridgehead atoms. The topological polar surface area (TPSA) is 53.9 Å². The molecule has 0 aliphatic heterocycles. The Morgan fingerprint density at radius 3 is 2.68 bits per heavy atom. The molecule has 2 heterocycles. The van der Waals surface area contributed by atoms with Gasteiger partial charge in [0.05, 0.1) is 6.54 Å². The summed E-state index contributed by atoms with van der Waals surface area (Å²) in [6.07, 6.45) is 6.43. The molecule has 2 aromatic rings. The first-order chi connectivity index (χ1) is 9.29. The predicted octanol–water partition coefficient (Wildman–Crippen LogP) is 1.27. The van der Waals surface area contributed by atoms with Gasteiger partial charge in [-0.1, -0.05) is 0 Å². The molecule has 0 radical (unpaired) electrons. The number of aromatic nitrogens is 3. The van der Waals surface area contributed by atoms with Crippen molar-refractivity contribution >= 4 is 5.82 Å². The van der Waals surface area contributed by atoms with Gasteiger partial charge in [0.2, 0.25) is 0 Å². The van der Waals surface area contributed by atoms with Crippen LogP contribution in [0.2, 0.25) is 0 Å². The van der Waals surface area contributed by atoms with Crippen LogP contribution in [0.25, 0.3) is 0 Å². The van der Waals surface area contributed by atoms with Crippen molar-refractivity contribution in [2.24, 2.45) is 0 Å². The Balaban J connectivity index is 1.95. The highest BCUT2D eigenvalue weighted by Gasteiger charge is 2.04. The van der Waals surface area contributed by atoms with E-state index in [1.165, 1.54) is 5.56 Å². The van der Waals surface area contributed by atoms with Crippen LogP contribution >= 0.6 is 0 Å². The van der Waals surface area contributed by atoms with Gasteiger partial charge in [0.1, 0.15) is 11.6 Å². The average Bonchev–Trinajstić information content (AvgIpc) is 2.46. The van der Waals surface area contributed by atoms with E-state index in [4.69, 9.17) is 0 Å². The van der Waals surface area contributed by atoms with E-state index >= 15 is 0 Å². The van der Waals surface area contributed by atoms with Crippen molar-refractivity contribution in [2.75, 3.05) is 25.5 Å². The van der Waals surface area contributed by atoms with Crippen molar-refractivity contribution in [2.45, 2.75) is 13.0 Å². The van der Waals surface area contributed by atoms with Gasteiger partial charge in [-0.25, -0.2) is 9.97 Å². The molecule has 2 rings (SSSR count). The summed E-state index contributed by atoms with van der Waals surface area (Å²) in [5.74, 6) is 1.77. The predicted molar refractivity (Wildman–Crippen MR) is 76.0 cm³/mol. The second kappa shape index (κ2) is 6.80. The van der Waals surface area contributed by atoms with Crippen LogP contribution in [0.1, 0.15) is 11.4 Å². The van der Waals surface area contributed by atoms with Crippen molar-refractivity contribution in [3.63, 3.8) is 0 Å². The van der Waals surface area contributed by atoms with Crippen molar-refractivity contribution < 1.29 is 0 Å². The fourth-order valence-corrected chi connectivity index (χ4v) is 1.81. The number of nitrogens with zero attached hydrogens (tertiary/aromatic N) is 4. The van der Waals surface area contributed by atoms with Crippen LogP contribution in [-0.4, -0.2) is 35.6 Å². The van der Waals surface area contributed by atoms with Crippen molar-refractivity contribution in [3.05, 3.63) is 48.2 Å². The summed E-state index contributed by atoms with van der Waals surface area (Å²) in [6, 6.07) is 6.02. The fraction of sp³-hybridized carbons (Fsp3) is 0.357. The van der Waals surface area contributed by atoms with Crippen LogP contribution in [0.5, 0.6) is 0 Å². The molecule has 1 N–H and O–H groups in total. The van der Waals surface area contributed by atoms with Crippen LogP contribution in [0.4, 0.5) is 5.82 Å². The highest BCUT2D eigenvalue weighted by molar-refractivity contribution is 5.36. The first-order valence-corrected chi connectivity index (χ1v) is 6.36. The van der Waals surface area contributed by atoms with E-state index in [1.54, 1.807) is 6.20 Å². The molecule has 0 atom stereocenters. The van der Waals surface area contributed by atoms with Gasteiger partial charge in [-0.2, -0.15) is 0 Å². The van der Waals surface area contributed by atoms with E-state index in [0.29, 0.717) is 6.54 Å². The third-order valence-corrected chi connectivity index (χ3v) is 2.90. The van der Waals surface area contributed by atoms with Crippen molar-refractivity contribution in [3.8, 4) is 0 Å². The Morgan fingerprint density at radius 1 is 1.16 bits per heavy atom. The van der Waals surface area contributed by atoms with Crippen molar-refractivity contribution in [1.29, 1.82) is 0 Å². The van der Waals surface area contributed by atoms with E-state index in [-0.39, 0.29) is 0 Å². The molecular weight excluding hydrogens is 238 g/mol. The molecule has 100 valence electrons. The SMILES string of the molecule is CNCc1nccc(N(C)CCc2ccncc2)n1. The molecule has 19 heavy (non-hydrogen) atoms. The quantitative estimate of drug-likeness (QED) is 0.844. The highest BCUT2D eigenvalue weighted by atomic mass is 15.2. The average molecular weight is 257 g/mol. The van der Waals surface area contributed by atoms with Gasteiger partial charge in [0, 0.05) is 32.2 Å². The third kappa shape index (κ3) is 3.99. The van der Waals surface area contributed by atoms with Gasteiger partial charge in [-0.3, -0.25) is 4.98 Å². The summed E-state index contributed by atoms with van der Waals surface area (Å²) >= 11 is 0. The zero-order chi connectivity index (χ0) is 13.5. The maximum Gasteiger partial charge on any atom is 0.144 e. The third-order valence-electron chi connectivity index (χ3n) is 2.90. The van der Waals surface area contributed by atoms with E-state index in [1.807, 2.05) is 44.7 Å². The minimum Gasteiger partial charge on any atom is -0.359 e. The maximum atomic E-state index is 4.51. The minimum atomic E-state index is 0.687. The maximum absolute atomic E-state index is 4.51. The molecule has 0 saturated carbocycles. The lowest BCUT2D eigenvalue weighted by Gasteiger charge is -2.18. The number of hydrogen-bond donors (Lipinski definition) is 1. The number of anilines is 1. The molecule has 0 amide bonds. The smallest absolute Gasteiger partial charge is 0.144 e. The molecule has 0 aromatic carbocycles. The van der Waals surface area contributed by atoms with Gasteiger partial charge in [0.25, 0.3) is 0 Å². The Hall–Kier alpha value is -2.01. The zero-order valence-corrected chi connectivity index (χ0v) is 11.4. The Morgan fingerprint density at radius 2 is 1.95 bits per heavy atom. The van der Waals surface area contributed by atoms with Gasteiger partial charge >= 0.3 is 0 Å². The molecule has 5 nitrogen and oxygen atoms in total. The summed E-state index contributed by atoms with van der Waals surface area (Å²) in [6.45, 7) is 1.60. The second-order valence-corrected chi connectivity index (χ2v) is 4.39. The summed E-state index contributed by atoms with van der Waals surface area (Å²) in [5.41, 5.74) is 1.28. The van der Waals surface area contributed by atoms with Gasteiger partial charge < -0.3 is 10.2 Å². The van der Waals surface area contributed by atoms with Crippen LogP contribution in [0, 0.1) is 0 Å². The Bertz CT molecular complexity index is 500. The number of nitrogens with one attached hydrogen (secondary N) is 1. The fourth-order valence-electron chi connectivity index (χ4n) is 1.81. The Labute approximate surface area is 113 Å². The molecule has 0 unspecified atom stereocenters. The van der Waals surface area contributed by atoms with Gasteiger partial charge in [-0.15, -0.1) is 0 Å². The second-order valence-electron chi connectivity index (χ2n) is 4.39. The van der Waals surface area contributed by atoms with E-state index in [0.717, 1.165) is 24.6 Å². The monoisotopic (exact) mass is 257 g/mol. The summed E-state index contributed by atoms with van der Waals surface area (Å²) in [5, 5.41) is 3.06. The lowest BCUT2D eigenvalue weighted by molar-refractivity contribution is 0.749. The Kier molecular flexibility index (Phi) is 4.80. The van der Waals surface area contributed by atoms with Crippen LogP contribution in [0.15, 0.2) is 36.8 Å². The molecule has 2 aromatic heterocycles. The highest BCUT2D eigenvalue weighted by Crippen LogP contribution is 2.09. The molecule has 0 aliphatic carbocycles. The summed E-state index contributed by atoms with van der Waals surface area (Å²) in [7, 11) is 3.94. The zero-order valence-electron chi connectivity index (χ0n) is 11.4. The minimum absolute atomic E-state index is 0.687. The van der Waals surface area contributed by atoms with Gasteiger partial charge in [-0.05, 0) is 37.2 Å². The molecule has 5 heteroatoms. The number of likely N-dealkylation sites (N-methyl/N-ethyl adjacent to an activating group) is 1. The summed E-state index contributed by atoms with van der Waals surface area (Å²) < 4.78 is 0. The van der Waals surface area contributed by atoms with Crippen LogP contribution < -0.4 is 10.2 Å². The molecule has 0 spiro atoms.